The minimum Gasteiger partial charge on any atom is -0.478 e. The Morgan fingerprint density at radius 2 is 0.683 bits per heavy atom. The van der Waals surface area contributed by atoms with Crippen LogP contribution in [0.5, 0.6) is 0 Å². The summed E-state index contributed by atoms with van der Waals surface area (Å²) >= 11 is 0. The molecule has 9 aromatic carbocycles. The molecule has 9 nitrogen and oxygen atoms in total. The van der Waals surface area contributed by atoms with E-state index in [0.717, 1.165) is 66.8 Å². The third-order valence-corrected chi connectivity index (χ3v) is 14.0. The maximum absolute atomic E-state index is 14.0. The number of halogens is 2. The minimum atomic E-state index is -0.989. The lowest BCUT2D eigenvalue weighted by atomic mass is 9.99. The summed E-state index contributed by atoms with van der Waals surface area (Å²) in [6, 6.07) is 64.5. The molecule has 0 amide bonds. The van der Waals surface area contributed by atoms with Crippen LogP contribution in [0.25, 0.3) is 99.9 Å². The van der Waals surface area contributed by atoms with Gasteiger partial charge in [-0.1, -0.05) is 162 Å². The Morgan fingerprint density at radius 3 is 1.07 bits per heavy atom. The predicted molar refractivity (Wildman–Crippen MR) is 322 cm³/mol. The van der Waals surface area contributed by atoms with Gasteiger partial charge in [-0.3, -0.25) is 0 Å². The number of fused-ring (bicyclic) bond motifs is 3. The Kier molecular flexibility index (Phi) is 15.7. The fraction of sp³-hybridized carbons (Fsp3) is 0.0704. The van der Waals surface area contributed by atoms with Gasteiger partial charge in [-0.05, 0) is 141 Å². The van der Waals surface area contributed by atoms with Crippen LogP contribution in [0, 0.1) is 46.3 Å². The SMILES string of the molecule is Cc1cc(F)cc(-c2ccc(-c3cc(C(=O)O)c4cc(C)ccc4n3)cc2)c1.Cc1ccc2nc(-c3ccc(-c4ccccc4F)cc3)cc(C(=O)O)c2c1.Cc1cccc(-c2ccc(-c3cc(C(=O)O)c4cc(C)ccc4n3)cc2)c1. The Hall–Kier alpha value is -10.5. The maximum atomic E-state index is 14.0. The first kappa shape index (κ1) is 54.8. The number of pyridine rings is 3. The zero-order valence-corrected chi connectivity index (χ0v) is 45.4. The van der Waals surface area contributed by atoms with E-state index in [1.807, 2.05) is 167 Å². The van der Waals surface area contributed by atoms with Crippen molar-refractivity contribution in [1.82, 2.24) is 15.0 Å². The van der Waals surface area contributed by atoms with Crippen molar-refractivity contribution in [3.8, 4) is 67.2 Å². The number of carboxylic acid groups (broad SMARTS) is 3. The molecule has 12 aromatic rings. The molecule has 0 aliphatic carbocycles. The van der Waals surface area contributed by atoms with E-state index < -0.39 is 17.9 Å². The largest absolute Gasteiger partial charge is 0.478 e. The van der Waals surface area contributed by atoms with Crippen LogP contribution in [0.4, 0.5) is 8.78 Å². The quantitative estimate of drug-likeness (QED) is 0.128. The predicted octanol–water partition coefficient (Wildman–Crippen LogP) is 17.6. The van der Waals surface area contributed by atoms with E-state index >= 15 is 0 Å². The number of rotatable bonds is 9. The lowest BCUT2D eigenvalue weighted by Gasteiger charge is -2.09. The lowest BCUT2D eigenvalue weighted by Crippen LogP contribution is -2.00. The summed E-state index contributed by atoms with van der Waals surface area (Å²) in [6.45, 7) is 9.72. The third kappa shape index (κ3) is 12.2. The van der Waals surface area contributed by atoms with Crippen molar-refractivity contribution in [2.24, 2.45) is 0 Å². The van der Waals surface area contributed by atoms with Crippen molar-refractivity contribution in [1.29, 1.82) is 0 Å². The molecule has 3 aromatic heterocycles. The van der Waals surface area contributed by atoms with E-state index in [9.17, 15) is 38.5 Å². The first-order valence-electron chi connectivity index (χ1n) is 26.3. The monoisotopic (exact) mass is 1080 g/mol. The number of benzene rings is 9. The van der Waals surface area contributed by atoms with Gasteiger partial charge in [0.1, 0.15) is 11.6 Å². The van der Waals surface area contributed by atoms with Crippen LogP contribution in [-0.4, -0.2) is 48.2 Å². The van der Waals surface area contributed by atoms with Crippen LogP contribution in [0.3, 0.4) is 0 Å². The second-order valence-electron chi connectivity index (χ2n) is 20.2. The van der Waals surface area contributed by atoms with Gasteiger partial charge in [-0.15, -0.1) is 0 Å². The van der Waals surface area contributed by atoms with Crippen molar-refractivity contribution < 1.29 is 38.5 Å². The molecular formula is C71H53F2N3O6. The number of hydrogen-bond acceptors (Lipinski definition) is 6. The second-order valence-corrected chi connectivity index (χ2v) is 20.2. The Morgan fingerprint density at radius 1 is 0.317 bits per heavy atom. The third-order valence-electron chi connectivity index (χ3n) is 14.0. The van der Waals surface area contributed by atoms with E-state index in [-0.39, 0.29) is 28.3 Å². The number of hydrogen-bond donors (Lipinski definition) is 3. The molecule has 0 aliphatic rings. The molecule has 0 spiro atoms. The van der Waals surface area contributed by atoms with Gasteiger partial charge in [0.25, 0.3) is 0 Å². The second kappa shape index (κ2) is 23.4. The van der Waals surface area contributed by atoms with Crippen LogP contribution < -0.4 is 0 Å². The zero-order chi connectivity index (χ0) is 57.8. The summed E-state index contributed by atoms with van der Waals surface area (Å²) < 4.78 is 27.7. The number of nitrogens with zero attached hydrogens (tertiary/aromatic N) is 3. The molecule has 11 heteroatoms. The van der Waals surface area contributed by atoms with Crippen LogP contribution >= 0.6 is 0 Å². The number of aromatic carboxylic acids is 3. The first-order valence-corrected chi connectivity index (χ1v) is 26.3. The molecule has 0 radical (unpaired) electrons. The van der Waals surface area contributed by atoms with Crippen LogP contribution in [-0.2, 0) is 0 Å². The topological polar surface area (TPSA) is 151 Å². The highest BCUT2D eigenvalue weighted by atomic mass is 19.1. The highest BCUT2D eigenvalue weighted by Crippen LogP contribution is 2.33. The zero-order valence-electron chi connectivity index (χ0n) is 45.4. The van der Waals surface area contributed by atoms with E-state index in [4.69, 9.17) is 0 Å². The van der Waals surface area contributed by atoms with E-state index in [1.54, 1.807) is 36.4 Å². The molecule has 3 N–H and O–H groups in total. The van der Waals surface area contributed by atoms with Crippen molar-refractivity contribution >= 4 is 50.6 Å². The highest BCUT2D eigenvalue weighted by Gasteiger charge is 2.17. The standard InChI is InChI=1S/C24H18FNO2.C24H19NO2.C23H16FNO2/c1-14-3-8-22-20(11-14)21(24(27)28)13-23(26-22)17-6-4-16(5-7-17)18-9-15(2)10-19(25)12-18;1-15-4-3-5-19(12-15)17-7-9-18(10-8-17)23-14-21(24(26)27)20-13-16(2)6-11-22(20)25-23;1-14-6-11-21-18(12-14)19(23(26)27)13-22(25-21)16-9-7-15(8-10-16)17-4-2-3-5-20(17)24/h3-13H,1-2H3,(H,27,28);3-14H,1-2H3,(H,26,27);2-13H,1H3,(H,26,27). The van der Waals surface area contributed by atoms with Crippen molar-refractivity contribution in [3.63, 3.8) is 0 Å². The molecule has 0 atom stereocenters. The number of aromatic nitrogens is 3. The van der Waals surface area contributed by atoms with Gasteiger partial charge in [0.05, 0.1) is 50.3 Å². The van der Waals surface area contributed by atoms with E-state index in [2.05, 4.69) is 40.1 Å². The Balaban J connectivity index is 0.000000138. The summed E-state index contributed by atoms with van der Waals surface area (Å²) in [5.74, 6) is -3.46. The molecule has 82 heavy (non-hydrogen) atoms. The van der Waals surface area contributed by atoms with Gasteiger partial charge >= 0.3 is 17.9 Å². The summed E-state index contributed by atoms with van der Waals surface area (Å²) in [5.41, 5.74) is 17.3. The average Bonchev–Trinajstić information content (AvgIpc) is 3.56. The molecule has 0 saturated carbocycles. The highest BCUT2D eigenvalue weighted by molar-refractivity contribution is 6.06. The lowest BCUT2D eigenvalue weighted by molar-refractivity contribution is 0.0688. The van der Waals surface area contributed by atoms with Crippen molar-refractivity contribution in [3.05, 3.63) is 268 Å². The first-order chi connectivity index (χ1) is 39.4. The fourth-order valence-electron chi connectivity index (χ4n) is 9.90. The van der Waals surface area contributed by atoms with Crippen LogP contribution in [0.2, 0.25) is 0 Å². The molecule has 0 fully saturated rings. The van der Waals surface area contributed by atoms with Gasteiger partial charge in [0, 0.05) is 38.4 Å². The van der Waals surface area contributed by atoms with Gasteiger partial charge in [-0.2, -0.15) is 0 Å². The number of aryl methyl sites for hydroxylation is 5. The number of carboxylic acids is 3. The number of carbonyl (C=O) groups is 3. The van der Waals surface area contributed by atoms with E-state index in [0.29, 0.717) is 55.4 Å². The smallest absolute Gasteiger partial charge is 0.336 e. The van der Waals surface area contributed by atoms with Crippen molar-refractivity contribution in [2.75, 3.05) is 0 Å². The summed E-state index contributed by atoms with van der Waals surface area (Å²) in [6.07, 6.45) is 0. The average molecular weight is 1080 g/mol. The normalized spacial score (nSPS) is 10.9. The summed E-state index contributed by atoms with van der Waals surface area (Å²) in [4.78, 5) is 49.2. The molecule has 3 heterocycles. The summed E-state index contributed by atoms with van der Waals surface area (Å²) in [7, 11) is 0. The Labute approximate surface area is 472 Å². The molecular weight excluding hydrogens is 1030 g/mol. The van der Waals surface area contributed by atoms with Gasteiger partial charge in [0.15, 0.2) is 0 Å². The van der Waals surface area contributed by atoms with Gasteiger partial charge in [-0.25, -0.2) is 38.1 Å². The van der Waals surface area contributed by atoms with Gasteiger partial charge < -0.3 is 15.3 Å². The Bertz CT molecular complexity index is 4430. The van der Waals surface area contributed by atoms with Crippen LogP contribution in [0.1, 0.15) is 58.9 Å². The molecule has 0 bridgehead atoms. The minimum absolute atomic E-state index is 0.219. The molecule has 0 unspecified atom stereocenters. The summed E-state index contributed by atoms with van der Waals surface area (Å²) in [5, 5.41) is 30.8. The molecule has 0 saturated heterocycles. The molecule has 12 rings (SSSR count). The van der Waals surface area contributed by atoms with Crippen molar-refractivity contribution in [2.45, 2.75) is 34.6 Å². The molecule has 402 valence electrons. The van der Waals surface area contributed by atoms with Crippen LogP contribution in [0.15, 0.2) is 212 Å². The van der Waals surface area contributed by atoms with Gasteiger partial charge in [0.2, 0.25) is 0 Å². The van der Waals surface area contributed by atoms with E-state index in [1.165, 1.54) is 23.8 Å². The molecule has 0 aliphatic heterocycles. The fourth-order valence-corrected chi connectivity index (χ4v) is 9.90. The maximum Gasteiger partial charge on any atom is 0.336 e.